The van der Waals surface area contributed by atoms with E-state index in [9.17, 15) is 9.50 Å². The van der Waals surface area contributed by atoms with E-state index in [0.717, 1.165) is 48.0 Å². The molecule has 24 heavy (non-hydrogen) atoms. The van der Waals surface area contributed by atoms with Gasteiger partial charge in [0.15, 0.2) is 0 Å². The Labute approximate surface area is 139 Å². The number of hydrogen-bond donors (Lipinski definition) is 2. The van der Waals surface area contributed by atoms with Crippen molar-refractivity contribution < 1.29 is 9.50 Å². The highest BCUT2D eigenvalue weighted by Gasteiger charge is 2.28. The molecule has 2 aromatic carbocycles. The largest absolute Gasteiger partial charge is 0.508 e. The van der Waals surface area contributed by atoms with Crippen molar-refractivity contribution in [2.45, 2.75) is 25.3 Å². The van der Waals surface area contributed by atoms with Crippen LogP contribution in [-0.2, 0) is 0 Å². The summed E-state index contributed by atoms with van der Waals surface area (Å²) in [5, 5.41) is 18.6. The highest BCUT2D eigenvalue weighted by molar-refractivity contribution is 5.85. The number of halogens is 1. The topological polar surface area (TPSA) is 52.1 Å². The van der Waals surface area contributed by atoms with E-state index in [2.05, 4.69) is 15.1 Å². The fraction of sp³-hybridized carbons (Fsp3) is 0.316. The lowest BCUT2D eigenvalue weighted by Crippen LogP contribution is -2.34. The first kappa shape index (κ1) is 15.1. The summed E-state index contributed by atoms with van der Waals surface area (Å²) in [5.74, 6) is 0.00526. The molecule has 3 aromatic rings. The molecule has 4 nitrogen and oxygen atoms in total. The number of likely N-dealkylation sites (tertiary alicyclic amines) is 1. The first-order valence-electron chi connectivity index (χ1n) is 8.38. The molecule has 1 unspecified atom stereocenters. The summed E-state index contributed by atoms with van der Waals surface area (Å²) in [6.45, 7) is 1.94. The molecule has 1 saturated heterocycles. The zero-order valence-electron chi connectivity index (χ0n) is 13.4. The number of nitrogens with one attached hydrogen (secondary N) is 1. The van der Waals surface area contributed by atoms with Gasteiger partial charge in [-0.15, -0.1) is 0 Å². The van der Waals surface area contributed by atoms with Crippen LogP contribution in [0, 0.1) is 5.82 Å². The van der Waals surface area contributed by atoms with Crippen LogP contribution >= 0.6 is 0 Å². The van der Waals surface area contributed by atoms with Gasteiger partial charge in [-0.3, -0.25) is 10.00 Å². The zero-order valence-corrected chi connectivity index (χ0v) is 13.4. The molecule has 0 amide bonds. The number of aromatic nitrogens is 2. The molecule has 5 heteroatoms. The maximum absolute atomic E-state index is 13.4. The van der Waals surface area contributed by atoms with Crippen molar-refractivity contribution in [2.24, 2.45) is 0 Å². The van der Waals surface area contributed by atoms with Gasteiger partial charge in [0.25, 0.3) is 0 Å². The van der Waals surface area contributed by atoms with E-state index in [1.165, 1.54) is 18.6 Å². The Morgan fingerprint density at radius 2 is 1.79 bits per heavy atom. The van der Waals surface area contributed by atoms with Gasteiger partial charge in [0.05, 0.1) is 17.8 Å². The molecular weight excluding hydrogens is 305 g/mol. The highest BCUT2D eigenvalue weighted by atomic mass is 19.1. The molecule has 1 aliphatic heterocycles. The predicted molar refractivity (Wildman–Crippen MR) is 91.4 cm³/mol. The Morgan fingerprint density at radius 1 is 1.04 bits per heavy atom. The van der Waals surface area contributed by atoms with Crippen LogP contribution in [0.2, 0.25) is 0 Å². The molecule has 1 aliphatic rings. The summed E-state index contributed by atoms with van der Waals surface area (Å²) in [4.78, 5) is 2.37. The number of hydrogen-bond acceptors (Lipinski definition) is 3. The van der Waals surface area contributed by atoms with Crippen molar-refractivity contribution in [2.75, 3.05) is 13.1 Å². The summed E-state index contributed by atoms with van der Waals surface area (Å²) < 4.78 is 13.4. The standard InChI is InChI=1S/C19H20FN3O/c20-14-6-4-13(5-7-14)19(23-10-2-1-3-11-23)18-15-12-21-22-16(15)8-9-17(18)24/h4-9,12,19,24H,1-3,10-11H2,(H,21,22). The quantitative estimate of drug-likeness (QED) is 0.766. The van der Waals surface area contributed by atoms with Crippen molar-refractivity contribution >= 4 is 10.9 Å². The van der Waals surface area contributed by atoms with Crippen LogP contribution in [-0.4, -0.2) is 33.3 Å². The van der Waals surface area contributed by atoms with E-state index < -0.39 is 0 Å². The summed E-state index contributed by atoms with van der Waals surface area (Å²) in [6.07, 6.45) is 5.26. The van der Waals surface area contributed by atoms with Gasteiger partial charge in [-0.2, -0.15) is 5.10 Å². The van der Waals surface area contributed by atoms with Crippen LogP contribution in [0.25, 0.3) is 10.9 Å². The van der Waals surface area contributed by atoms with E-state index >= 15 is 0 Å². The third-order valence-corrected chi connectivity index (χ3v) is 4.86. The lowest BCUT2D eigenvalue weighted by Gasteiger charge is -2.35. The fourth-order valence-electron chi connectivity index (χ4n) is 3.70. The molecule has 0 saturated carbocycles. The monoisotopic (exact) mass is 325 g/mol. The van der Waals surface area contributed by atoms with E-state index in [0.29, 0.717) is 0 Å². The first-order valence-corrected chi connectivity index (χ1v) is 8.38. The number of fused-ring (bicyclic) bond motifs is 1. The molecule has 0 spiro atoms. The second-order valence-corrected chi connectivity index (χ2v) is 6.38. The van der Waals surface area contributed by atoms with Crippen molar-refractivity contribution in [1.29, 1.82) is 0 Å². The molecule has 0 aliphatic carbocycles. The number of phenolic OH excluding ortho intramolecular Hbond substituents is 1. The Balaban J connectivity index is 1.89. The third kappa shape index (κ3) is 2.65. The SMILES string of the molecule is Oc1ccc2[nH]ncc2c1C(c1ccc(F)cc1)N1CCCCC1. The molecule has 1 fully saturated rings. The number of rotatable bonds is 3. The summed E-state index contributed by atoms with van der Waals surface area (Å²) in [5.41, 5.74) is 2.73. The zero-order chi connectivity index (χ0) is 16.5. The molecule has 0 radical (unpaired) electrons. The van der Waals surface area contributed by atoms with Gasteiger partial charge in [0.2, 0.25) is 0 Å². The summed E-state index contributed by atoms with van der Waals surface area (Å²) >= 11 is 0. The predicted octanol–water partition coefficient (Wildman–Crippen LogP) is 3.98. The molecule has 1 atom stereocenters. The number of aromatic hydroxyl groups is 1. The normalized spacial score (nSPS) is 17.2. The van der Waals surface area contributed by atoms with Gasteiger partial charge in [-0.25, -0.2) is 4.39 Å². The average molecular weight is 325 g/mol. The van der Waals surface area contributed by atoms with Gasteiger partial charge in [0.1, 0.15) is 11.6 Å². The van der Waals surface area contributed by atoms with Crippen molar-refractivity contribution in [3.8, 4) is 5.75 Å². The molecule has 2 heterocycles. The van der Waals surface area contributed by atoms with Crippen LogP contribution in [0.3, 0.4) is 0 Å². The van der Waals surface area contributed by atoms with E-state index in [1.54, 1.807) is 12.3 Å². The minimum absolute atomic E-state index is 0.104. The number of H-pyrrole nitrogens is 1. The lowest BCUT2D eigenvalue weighted by molar-refractivity contribution is 0.186. The van der Waals surface area contributed by atoms with Gasteiger partial charge < -0.3 is 5.11 Å². The Bertz CT molecular complexity index is 837. The first-order chi connectivity index (χ1) is 11.7. The van der Waals surface area contributed by atoms with Gasteiger partial charge in [-0.05, 0) is 55.8 Å². The highest BCUT2D eigenvalue weighted by Crippen LogP contribution is 2.39. The smallest absolute Gasteiger partial charge is 0.123 e. The Hall–Kier alpha value is -2.40. The van der Waals surface area contributed by atoms with Crippen LogP contribution in [0.1, 0.15) is 36.4 Å². The van der Waals surface area contributed by atoms with Gasteiger partial charge in [-0.1, -0.05) is 18.6 Å². The van der Waals surface area contributed by atoms with Crippen LogP contribution in [0.15, 0.2) is 42.6 Å². The van der Waals surface area contributed by atoms with Crippen LogP contribution < -0.4 is 0 Å². The minimum Gasteiger partial charge on any atom is -0.508 e. The maximum atomic E-state index is 13.4. The maximum Gasteiger partial charge on any atom is 0.123 e. The van der Waals surface area contributed by atoms with Crippen molar-refractivity contribution in [1.82, 2.24) is 15.1 Å². The molecule has 2 N–H and O–H groups in total. The molecule has 4 rings (SSSR count). The van der Waals surface area contributed by atoms with Crippen LogP contribution in [0.4, 0.5) is 4.39 Å². The van der Waals surface area contributed by atoms with Gasteiger partial charge >= 0.3 is 0 Å². The number of nitrogens with zero attached hydrogens (tertiary/aromatic N) is 2. The second-order valence-electron chi connectivity index (χ2n) is 6.38. The van der Waals surface area contributed by atoms with Crippen LogP contribution in [0.5, 0.6) is 5.75 Å². The molecule has 0 bridgehead atoms. The average Bonchev–Trinajstić information content (AvgIpc) is 3.08. The number of piperidine rings is 1. The van der Waals surface area contributed by atoms with Gasteiger partial charge in [0, 0.05) is 10.9 Å². The molecular formula is C19H20FN3O. The number of benzene rings is 2. The van der Waals surface area contributed by atoms with Crippen molar-refractivity contribution in [3.05, 3.63) is 59.5 Å². The number of aromatic amines is 1. The van der Waals surface area contributed by atoms with E-state index in [4.69, 9.17) is 0 Å². The molecule has 1 aromatic heterocycles. The molecule has 124 valence electrons. The van der Waals surface area contributed by atoms with E-state index in [1.807, 2.05) is 18.2 Å². The fourth-order valence-corrected chi connectivity index (χ4v) is 3.70. The lowest BCUT2D eigenvalue weighted by atomic mass is 9.92. The van der Waals surface area contributed by atoms with Crippen molar-refractivity contribution in [3.63, 3.8) is 0 Å². The van der Waals surface area contributed by atoms with E-state index in [-0.39, 0.29) is 17.6 Å². The summed E-state index contributed by atoms with van der Waals surface area (Å²) in [6, 6.07) is 10.0. The number of phenols is 1. The Kier molecular flexibility index (Phi) is 3.94. The summed E-state index contributed by atoms with van der Waals surface area (Å²) in [7, 11) is 0. The Morgan fingerprint density at radius 3 is 2.54 bits per heavy atom. The third-order valence-electron chi connectivity index (χ3n) is 4.86. The second kappa shape index (κ2) is 6.24. The minimum atomic E-state index is -0.248.